The van der Waals surface area contributed by atoms with Crippen molar-refractivity contribution >= 4 is 40.4 Å². The van der Waals surface area contributed by atoms with Crippen molar-refractivity contribution in [2.24, 2.45) is 4.99 Å². The molecule has 0 aliphatic carbocycles. The van der Waals surface area contributed by atoms with E-state index in [9.17, 15) is 14.7 Å². The molecule has 2 amide bonds. The van der Waals surface area contributed by atoms with Gasteiger partial charge < -0.3 is 25.0 Å². The number of carbonyl (C=O) groups excluding carboxylic acids is 2. The van der Waals surface area contributed by atoms with E-state index in [2.05, 4.69) is 15.3 Å². The van der Waals surface area contributed by atoms with Gasteiger partial charge in [-0.2, -0.15) is 0 Å². The molecule has 1 fully saturated rings. The first-order valence-corrected chi connectivity index (χ1v) is 10.2. The molecule has 2 aromatic rings. The van der Waals surface area contributed by atoms with E-state index in [4.69, 9.17) is 16.3 Å². The van der Waals surface area contributed by atoms with Crippen LogP contribution in [0.4, 0.5) is 0 Å². The van der Waals surface area contributed by atoms with Crippen molar-refractivity contribution in [3.8, 4) is 0 Å². The maximum absolute atomic E-state index is 12.8. The summed E-state index contributed by atoms with van der Waals surface area (Å²) in [6, 6.07) is 6.04. The summed E-state index contributed by atoms with van der Waals surface area (Å²) in [6.07, 6.45) is -0.230. The van der Waals surface area contributed by atoms with Crippen LogP contribution in [-0.4, -0.2) is 58.6 Å². The highest BCUT2D eigenvalue weighted by molar-refractivity contribution is 6.31. The molecule has 0 bridgehead atoms. The second-order valence-corrected chi connectivity index (χ2v) is 8.86. The number of hydrogen-bond acceptors (Lipinski definition) is 5. The molecule has 30 heavy (non-hydrogen) atoms. The minimum absolute atomic E-state index is 0. The molecule has 1 aliphatic rings. The standard InChI is InChI=1S/C21H27ClN4O4.H2/c1-12(27)26-8-7-16(18(11-26)25-20(29)30-21(2,3)4)24-19(28)17-10-13-9-14(22)5-6-15(13)23-17;/h5-6,9-10,16,18,23H,7-8,11H2,1-4H3,(H,24,28)(H,25,29);1H/p-1/t16-,18+;/m0./s1. The molecule has 1 aromatic heterocycles. The van der Waals surface area contributed by atoms with Crippen LogP contribution >= 0.6 is 11.6 Å². The molecule has 0 saturated carbocycles. The van der Waals surface area contributed by atoms with Gasteiger partial charge in [-0.25, -0.2) is 0 Å². The summed E-state index contributed by atoms with van der Waals surface area (Å²) in [5.41, 5.74) is 0.503. The molecule has 9 heteroatoms. The molecule has 1 aromatic carbocycles. The molecule has 2 heterocycles. The molecular weight excluding hydrogens is 408 g/mol. The van der Waals surface area contributed by atoms with Crippen LogP contribution in [-0.2, 0) is 9.53 Å². The Hall–Kier alpha value is -2.74. The van der Waals surface area contributed by atoms with Crippen molar-refractivity contribution in [1.82, 2.24) is 15.2 Å². The Morgan fingerprint density at radius 1 is 1.37 bits per heavy atom. The predicted octanol–water partition coefficient (Wildman–Crippen LogP) is 2.32. The van der Waals surface area contributed by atoms with E-state index in [1.165, 1.54) is 6.92 Å². The molecule has 0 spiro atoms. The second kappa shape index (κ2) is 8.55. The summed E-state index contributed by atoms with van der Waals surface area (Å²) in [5, 5.41) is 16.6. The molecule has 2 atom stereocenters. The molecule has 1 saturated heterocycles. The first kappa shape index (κ1) is 22.0. The van der Waals surface area contributed by atoms with Crippen molar-refractivity contribution in [1.29, 1.82) is 0 Å². The third-order valence-corrected chi connectivity index (χ3v) is 5.07. The van der Waals surface area contributed by atoms with Gasteiger partial charge in [-0.05, 0) is 30.7 Å². The lowest BCUT2D eigenvalue weighted by Gasteiger charge is -2.38. The van der Waals surface area contributed by atoms with E-state index in [-0.39, 0.29) is 19.8 Å². The summed E-state index contributed by atoms with van der Waals surface area (Å²) in [5.74, 6) is -0.412. The molecule has 0 unspecified atom stereocenters. The monoisotopic (exact) mass is 435 g/mol. The lowest BCUT2D eigenvalue weighted by atomic mass is 9.99. The van der Waals surface area contributed by atoms with E-state index < -0.39 is 23.8 Å². The average molecular weight is 436 g/mol. The van der Waals surface area contributed by atoms with Crippen LogP contribution in [0.25, 0.3) is 10.9 Å². The highest BCUT2D eigenvalue weighted by Gasteiger charge is 2.32. The van der Waals surface area contributed by atoms with Crippen LogP contribution in [0.2, 0.25) is 5.02 Å². The number of aromatic nitrogens is 1. The van der Waals surface area contributed by atoms with Crippen molar-refractivity contribution in [2.75, 3.05) is 13.1 Å². The molecule has 2 N–H and O–H groups in total. The van der Waals surface area contributed by atoms with E-state index in [1.807, 2.05) is 0 Å². The van der Waals surface area contributed by atoms with Crippen molar-refractivity contribution < 1.29 is 20.9 Å². The highest BCUT2D eigenvalue weighted by Crippen LogP contribution is 2.21. The second-order valence-electron chi connectivity index (χ2n) is 8.43. The largest absolute Gasteiger partial charge is 0.595 e. The average Bonchev–Trinajstić information content (AvgIpc) is 3.04. The number of nitrogens with zero attached hydrogens (tertiary/aromatic N) is 2. The van der Waals surface area contributed by atoms with Crippen LogP contribution in [0.5, 0.6) is 0 Å². The first-order chi connectivity index (χ1) is 14.0. The number of H-pyrrole nitrogens is 1. The summed E-state index contributed by atoms with van der Waals surface area (Å²) in [4.78, 5) is 33.5. The van der Waals surface area contributed by atoms with Crippen LogP contribution < -0.4 is 10.4 Å². The van der Waals surface area contributed by atoms with Gasteiger partial charge in [0.15, 0.2) is 0 Å². The molecule has 0 radical (unpaired) electrons. The summed E-state index contributed by atoms with van der Waals surface area (Å²) < 4.78 is 5.28. The first-order valence-electron chi connectivity index (χ1n) is 9.80. The van der Waals surface area contributed by atoms with E-state index in [0.717, 1.165) is 10.9 Å². The molecule has 164 valence electrons. The predicted molar refractivity (Wildman–Crippen MR) is 116 cm³/mol. The maximum atomic E-state index is 12.8. The topological polar surface area (TPSA) is 110 Å². The Bertz CT molecular complexity index is 985. The van der Waals surface area contributed by atoms with Gasteiger partial charge in [-0.15, -0.1) is 0 Å². The fourth-order valence-electron chi connectivity index (χ4n) is 3.41. The quantitative estimate of drug-likeness (QED) is 0.569. The number of fused-ring (bicyclic) bond motifs is 1. The Morgan fingerprint density at radius 3 is 2.77 bits per heavy atom. The van der Waals surface area contributed by atoms with Crippen molar-refractivity contribution in [3.63, 3.8) is 0 Å². The number of benzene rings is 1. The molecule has 3 rings (SSSR count). The number of hydrogen-bond donors (Lipinski definition) is 2. The van der Waals surface area contributed by atoms with Crippen molar-refractivity contribution in [3.05, 3.63) is 35.0 Å². The highest BCUT2D eigenvalue weighted by atomic mass is 35.5. The van der Waals surface area contributed by atoms with Crippen LogP contribution in [0.15, 0.2) is 29.3 Å². The van der Waals surface area contributed by atoms with Gasteiger partial charge in [0.25, 0.3) is 5.91 Å². The van der Waals surface area contributed by atoms with E-state index in [0.29, 0.717) is 23.7 Å². The SMILES string of the molecule is CC(=O)N1CC[C@H](NC(=O)c2cc3cc(Cl)ccc3[nH]2)[C@H](N=C([O-])OC(C)(C)C)C1.[HH]. The lowest BCUT2D eigenvalue weighted by molar-refractivity contribution is -0.261. The fraction of sp³-hybridized carbons (Fsp3) is 0.476. The Balaban J connectivity index is 0.00000341. The molecular formula is C21H28ClN4O4-. The van der Waals surface area contributed by atoms with Crippen LogP contribution in [0.1, 0.15) is 46.0 Å². The van der Waals surface area contributed by atoms with E-state index in [1.54, 1.807) is 49.9 Å². The van der Waals surface area contributed by atoms with Crippen LogP contribution in [0.3, 0.4) is 0 Å². The molecule has 8 nitrogen and oxygen atoms in total. The summed E-state index contributed by atoms with van der Waals surface area (Å²) in [6.45, 7) is 7.45. The van der Waals surface area contributed by atoms with Gasteiger partial charge in [0.2, 0.25) is 5.91 Å². The Labute approximate surface area is 181 Å². The van der Waals surface area contributed by atoms with Crippen LogP contribution in [0, 0.1) is 0 Å². The number of ether oxygens (including phenoxy) is 1. The third-order valence-electron chi connectivity index (χ3n) is 4.84. The molecule has 1 aliphatic heterocycles. The number of halogens is 1. The zero-order valence-electron chi connectivity index (χ0n) is 17.5. The van der Waals surface area contributed by atoms with Gasteiger partial charge in [-0.3, -0.25) is 14.6 Å². The van der Waals surface area contributed by atoms with E-state index >= 15 is 0 Å². The zero-order chi connectivity index (χ0) is 22.1. The minimum atomic E-state index is -0.711. The fourth-order valence-corrected chi connectivity index (χ4v) is 3.59. The maximum Gasteiger partial charge on any atom is 0.268 e. The number of likely N-dealkylation sites (tertiary alicyclic amines) is 1. The van der Waals surface area contributed by atoms with Gasteiger partial charge in [0.05, 0.1) is 12.1 Å². The zero-order valence-corrected chi connectivity index (χ0v) is 18.2. The number of carbonyl (C=O) groups is 2. The smallest absolute Gasteiger partial charge is 0.268 e. The number of aromatic amines is 1. The van der Waals surface area contributed by atoms with Gasteiger partial charge in [-0.1, -0.05) is 32.4 Å². The Kier molecular flexibility index (Phi) is 6.26. The van der Waals surface area contributed by atoms with Gasteiger partial charge in [0, 0.05) is 43.0 Å². The van der Waals surface area contributed by atoms with Gasteiger partial charge in [0.1, 0.15) is 11.8 Å². The minimum Gasteiger partial charge on any atom is -0.595 e. The number of rotatable bonds is 3. The number of nitrogens with one attached hydrogen (secondary N) is 2. The summed E-state index contributed by atoms with van der Waals surface area (Å²) in [7, 11) is 0. The Morgan fingerprint density at radius 2 is 2.10 bits per heavy atom. The van der Waals surface area contributed by atoms with Crippen molar-refractivity contribution in [2.45, 2.75) is 51.8 Å². The number of aliphatic imine (C=N–C) groups is 1. The third kappa shape index (κ3) is 5.44. The normalized spacial score (nSPS) is 20.3. The summed E-state index contributed by atoms with van der Waals surface area (Å²) >= 11 is 6.01. The van der Waals surface area contributed by atoms with Gasteiger partial charge >= 0.3 is 0 Å². The number of amides is 2. The number of piperidine rings is 1. The lowest BCUT2D eigenvalue weighted by Crippen LogP contribution is -2.55.